The van der Waals surface area contributed by atoms with E-state index in [0.29, 0.717) is 19.6 Å². The van der Waals surface area contributed by atoms with Crippen LogP contribution in [0.1, 0.15) is 18.4 Å². The number of benzene rings is 1. The number of ether oxygens (including phenoxy) is 1. The molecular formula is C20H28N6O2. The van der Waals surface area contributed by atoms with Crippen molar-refractivity contribution >= 4 is 17.6 Å². The van der Waals surface area contributed by atoms with Crippen molar-refractivity contribution < 1.29 is 9.53 Å². The molecule has 0 radical (unpaired) electrons. The van der Waals surface area contributed by atoms with Crippen molar-refractivity contribution in [3.8, 4) is 5.75 Å². The van der Waals surface area contributed by atoms with Crippen LogP contribution in [0.5, 0.6) is 5.75 Å². The van der Waals surface area contributed by atoms with E-state index in [9.17, 15) is 4.79 Å². The molecule has 1 N–H and O–H groups in total. The van der Waals surface area contributed by atoms with Crippen molar-refractivity contribution in [3.63, 3.8) is 0 Å². The Bertz CT molecular complexity index is 847. The highest BCUT2D eigenvalue weighted by Gasteiger charge is 2.27. The summed E-state index contributed by atoms with van der Waals surface area (Å²) in [5, 5.41) is 7.55. The quantitative estimate of drug-likeness (QED) is 0.624. The van der Waals surface area contributed by atoms with Gasteiger partial charge in [0, 0.05) is 45.8 Å². The average Bonchev–Trinajstić information content (AvgIpc) is 3.14. The van der Waals surface area contributed by atoms with Gasteiger partial charge in [-0.1, -0.05) is 25.1 Å². The second-order valence-electron chi connectivity index (χ2n) is 6.91. The molecule has 1 amide bonds. The van der Waals surface area contributed by atoms with Crippen LogP contribution in [0.3, 0.4) is 0 Å². The number of guanidine groups is 1. The molecule has 1 aliphatic heterocycles. The molecule has 2 aromatic rings. The standard InChI is InChI=1S/C20H28N6O2/c1-15(17-7-5-6-8-18(17)28-4)11-22-20(21-2)25-9-10-26(19(27)14-25)16-12-23-24(3)13-16/h5-8,12-13,15H,9-11,14H2,1-4H3,(H,21,22). The number of rotatable bonds is 5. The Labute approximate surface area is 165 Å². The Morgan fingerprint density at radius 3 is 2.79 bits per heavy atom. The van der Waals surface area contributed by atoms with Crippen molar-refractivity contribution in [2.45, 2.75) is 12.8 Å². The number of anilines is 1. The van der Waals surface area contributed by atoms with Gasteiger partial charge in [-0.3, -0.25) is 14.5 Å². The molecule has 0 aliphatic carbocycles. The molecule has 8 nitrogen and oxygen atoms in total. The maximum absolute atomic E-state index is 12.6. The Hall–Kier alpha value is -3.03. The molecule has 1 aromatic carbocycles. The van der Waals surface area contributed by atoms with Crippen LogP contribution in [-0.2, 0) is 11.8 Å². The fourth-order valence-electron chi connectivity index (χ4n) is 3.43. The minimum atomic E-state index is 0.0416. The normalized spacial score (nSPS) is 16.3. The van der Waals surface area contributed by atoms with Crippen LogP contribution in [0.2, 0.25) is 0 Å². The molecule has 150 valence electrons. The van der Waals surface area contributed by atoms with Crippen molar-refractivity contribution in [1.82, 2.24) is 20.0 Å². The lowest BCUT2D eigenvalue weighted by molar-refractivity contribution is -0.120. The predicted molar refractivity (Wildman–Crippen MR) is 110 cm³/mol. The van der Waals surface area contributed by atoms with Gasteiger partial charge in [0.25, 0.3) is 0 Å². The second-order valence-corrected chi connectivity index (χ2v) is 6.91. The lowest BCUT2D eigenvalue weighted by atomic mass is 10.0. The van der Waals surface area contributed by atoms with E-state index >= 15 is 0 Å². The molecule has 0 spiro atoms. The minimum absolute atomic E-state index is 0.0416. The Morgan fingerprint density at radius 1 is 1.36 bits per heavy atom. The van der Waals surface area contributed by atoms with Gasteiger partial charge in [-0.05, 0) is 11.6 Å². The third-order valence-electron chi connectivity index (χ3n) is 4.97. The lowest BCUT2D eigenvalue weighted by Gasteiger charge is -2.35. The first-order chi connectivity index (χ1) is 13.5. The predicted octanol–water partition coefficient (Wildman–Crippen LogP) is 1.46. The van der Waals surface area contributed by atoms with Crippen LogP contribution < -0.4 is 15.0 Å². The van der Waals surface area contributed by atoms with Gasteiger partial charge in [0.1, 0.15) is 12.3 Å². The number of carbonyl (C=O) groups is 1. The maximum Gasteiger partial charge on any atom is 0.246 e. The molecule has 1 aliphatic rings. The van der Waals surface area contributed by atoms with Gasteiger partial charge in [-0.25, -0.2) is 0 Å². The molecule has 1 fully saturated rings. The summed E-state index contributed by atoms with van der Waals surface area (Å²) in [4.78, 5) is 20.8. The lowest BCUT2D eigenvalue weighted by Crippen LogP contribution is -2.55. The fraction of sp³-hybridized carbons (Fsp3) is 0.450. The van der Waals surface area contributed by atoms with Crippen LogP contribution in [0.15, 0.2) is 41.7 Å². The topological polar surface area (TPSA) is 75.0 Å². The van der Waals surface area contributed by atoms with E-state index in [0.717, 1.165) is 23.0 Å². The molecule has 0 bridgehead atoms. The summed E-state index contributed by atoms with van der Waals surface area (Å²) in [6, 6.07) is 8.02. The van der Waals surface area contributed by atoms with E-state index in [1.807, 2.05) is 36.3 Å². The molecule has 1 unspecified atom stereocenters. The first kappa shape index (κ1) is 19.7. The van der Waals surface area contributed by atoms with Crippen LogP contribution in [0.25, 0.3) is 0 Å². The van der Waals surface area contributed by atoms with Crippen molar-refractivity contribution in [1.29, 1.82) is 0 Å². The Morgan fingerprint density at radius 2 is 2.14 bits per heavy atom. The van der Waals surface area contributed by atoms with Crippen molar-refractivity contribution in [2.75, 3.05) is 45.2 Å². The molecular weight excluding hydrogens is 356 g/mol. The number of piperazine rings is 1. The van der Waals surface area contributed by atoms with E-state index < -0.39 is 0 Å². The summed E-state index contributed by atoms with van der Waals surface area (Å²) in [5.41, 5.74) is 1.98. The summed E-state index contributed by atoms with van der Waals surface area (Å²) in [6.07, 6.45) is 3.57. The molecule has 2 heterocycles. The van der Waals surface area contributed by atoms with E-state index in [1.54, 1.807) is 29.9 Å². The molecule has 1 saturated heterocycles. The Kier molecular flexibility index (Phi) is 6.18. The number of aliphatic imine (C=N–C) groups is 1. The van der Waals surface area contributed by atoms with Crippen LogP contribution in [0.4, 0.5) is 5.69 Å². The summed E-state index contributed by atoms with van der Waals surface area (Å²) >= 11 is 0. The number of hydrogen-bond donors (Lipinski definition) is 1. The number of carbonyl (C=O) groups excluding carboxylic acids is 1. The smallest absolute Gasteiger partial charge is 0.246 e. The van der Waals surface area contributed by atoms with E-state index in [-0.39, 0.29) is 18.4 Å². The van der Waals surface area contributed by atoms with Crippen LogP contribution in [0, 0.1) is 0 Å². The zero-order valence-electron chi connectivity index (χ0n) is 16.9. The SMILES string of the molecule is CN=C(NCC(C)c1ccccc1OC)N1CCN(c2cnn(C)c2)C(=O)C1. The maximum atomic E-state index is 12.6. The van der Waals surface area contributed by atoms with Gasteiger partial charge in [0.2, 0.25) is 5.91 Å². The van der Waals surface area contributed by atoms with E-state index in [1.165, 1.54) is 0 Å². The van der Waals surface area contributed by atoms with Gasteiger partial charge in [-0.2, -0.15) is 5.10 Å². The highest BCUT2D eigenvalue weighted by Crippen LogP contribution is 2.25. The molecule has 8 heteroatoms. The van der Waals surface area contributed by atoms with E-state index in [2.05, 4.69) is 28.4 Å². The average molecular weight is 384 g/mol. The summed E-state index contributed by atoms with van der Waals surface area (Å²) in [7, 11) is 5.28. The Balaban J connectivity index is 1.59. The number of amides is 1. The summed E-state index contributed by atoms with van der Waals surface area (Å²) < 4.78 is 7.16. The highest BCUT2D eigenvalue weighted by atomic mass is 16.5. The van der Waals surface area contributed by atoms with Crippen LogP contribution in [-0.4, -0.2) is 66.9 Å². The number of hydrogen-bond acceptors (Lipinski definition) is 4. The zero-order chi connectivity index (χ0) is 20.1. The van der Waals surface area contributed by atoms with Gasteiger partial charge >= 0.3 is 0 Å². The molecule has 1 aromatic heterocycles. The van der Waals surface area contributed by atoms with E-state index in [4.69, 9.17) is 4.74 Å². The largest absolute Gasteiger partial charge is 0.496 e. The monoisotopic (exact) mass is 384 g/mol. The second kappa shape index (κ2) is 8.77. The first-order valence-electron chi connectivity index (χ1n) is 9.41. The van der Waals surface area contributed by atoms with Crippen molar-refractivity contribution in [2.24, 2.45) is 12.0 Å². The molecule has 1 atom stereocenters. The molecule has 28 heavy (non-hydrogen) atoms. The fourth-order valence-corrected chi connectivity index (χ4v) is 3.43. The van der Waals surface area contributed by atoms with Gasteiger partial charge < -0.3 is 19.9 Å². The summed E-state index contributed by atoms with van der Waals surface area (Å²) in [5.74, 6) is 1.90. The summed E-state index contributed by atoms with van der Waals surface area (Å²) in [6.45, 7) is 4.45. The van der Waals surface area contributed by atoms with Gasteiger partial charge in [-0.15, -0.1) is 0 Å². The van der Waals surface area contributed by atoms with Gasteiger partial charge in [0.05, 0.1) is 19.0 Å². The molecule has 0 saturated carbocycles. The number of aromatic nitrogens is 2. The highest BCUT2D eigenvalue weighted by molar-refractivity contribution is 5.98. The number of nitrogens with zero attached hydrogens (tertiary/aromatic N) is 5. The zero-order valence-corrected chi connectivity index (χ0v) is 16.9. The van der Waals surface area contributed by atoms with Crippen molar-refractivity contribution in [3.05, 3.63) is 42.2 Å². The van der Waals surface area contributed by atoms with Crippen LogP contribution >= 0.6 is 0 Å². The molecule has 3 rings (SSSR count). The third-order valence-corrected chi connectivity index (χ3v) is 4.97. The number of para-hydroxylation sites is 1. The number of nitrogens with one attached hydrogen (secondary N) is 1. The van der Waals surface area contributed by atoms with Gasteiger partial charge in [0.15, 0.2) is 5.96 Å². The first-order valence-corrected chi connectivity index (χ1v) is 9.41. The minimum Gasteiger partial charge on any atom is -0.496 e. The number of methoxy groups -OCH3 is 1. The third kappa shape index (κ3) is 4.27. The number of aryl methyl sites for hydroxylation is 1.